The number of anilines is 2. The molecule has 0 spiro atoms. The lowest BCUT2D eigenvalue weighted by molar-refractivity contribution is -0.137. The lowest BCUT2D eigenvalue weighted by atomic mass is 10.0. The monoisotopic (exact) mass is 597 g/mol. The van der Waals surface area contributed by atoms with Crippen molar-refractivity contribution in [2.75, 3.05) is 36.9 Å². The van der Waals surface area contributed by atoms with E-state index in [1.54, 1.807) is 17.0 Å². The number of rotatable bonds is 10. The summed E-state index contributed by atoms with van der Waals surface area (Å²) in [4.78, 5) is 40.8. The molecule has 4 aromatic rings. The standard InChI is InChI=1S/C33H35N5O4S/c1-21-6-8-24(9-7-21)18-38(30(39)19-43-33-34-22(2)16-23(3)35-33)31(25-10-15-28-29(17-25)42-20-41-28)32(40)36-26-11-13-27(14-12-26)37(4)5/h6-17,31H,18-20H2,1-5H3,(H,36,40). The molecule has 43 heavy (non-hydrogen) atoms. The molecule has 10 heteroatoms. The molecule has 1 atom stereocenters. The Kier molecular flexibility index (Phi) is 9.16. The van der Waals surface area contributed by atoms with Crippen LogP contribution in [-0.4, -0.2) is 53.3 Å². The van der Waals surface area contributed by atoms with E-state index in [4.69, 9.17) is 9.47 Å². The van der Waals surface area contributed by atoms with Gasteiger partial charge in [0.1, 0.15) is 6.04 Å². The third-order valence-electron chi connectivity index (χ3n) is 7.00. The molecule has 0 saturated heterocycles. The van der Waals surface area contributed by atoms with Crippen LogP contribution in [0, 0.1) is 20.8 Å². The Hall–Kier alpha value is -4.57. The number of nitrogens with one attached hydrogen (secondary N) is 1. The van der Waals surface area contributed by atoms with Crippen LogP contribution in [0.4, 0.5) is 11.4 Å². The van der Waals surface area contributed by atoms with Gasteiger partial charge in [0, 0.05) is 43.4 Å². The van der Waals surface area contributed by atoms with Crippen molar-refractivity contribution in [3.63, 3.8) is 0 Å². The molecule has 222 valence electrons. The van der Waals surface area contributed by atoms with Crippen LogP contribution in [0.25, 0.3) is 0 Å². The molecule has 2 amide bonds. The average Bonchev–Trinajstić information content (AvgIpc) is 3.45. The van der Waals surface area contributed by atoms with Crippen molar-refractivity contribution >= 4 is 35.0 Å². The number of fused-ring (bicyclic) bond motifs is 1. The highest BCUT2D eigenvalue weighted by atomic mass is 32.2. The number of benzene rings is 3. The molecule has 3 aromatic carbocycles. The van der Waals surface area contributed by atoms with E-state index in [2.05, 4.69) is 15.3 Å². The maximum absolute atomic E-state index is 14.2. The Morgan fingerprint density at radius 1 is 0.884 bits per heavy atom. The van der Waals surface area contributed by atoms with E-state index in [1.807, 2.05) is 100 Å². The van der Waals surface area contributed by atoms with Gasteiger partial charge < -0.3 is 24.6 Å². The zero-order valence-corrected chi connectivity index (χ0v) is 25.8. The number of carbonyl (C=O) groups is 2. The third-order valence-corrected chi connectivity index (χ3v) is 7.84. The fourth-order valence-electron chi connectivity index (χ4n) is 4.79. The van der Waals surface area contributed by atoms with E-state index in [-0.39, 0.29) is 30.9 Å². The van der Waals surface area contributed by atoms with E-state index < -0.39 is 6.04 Å². The summed E-state index contributed by atoms with van der Waals surface area (Å²) >= 11 is 1.26. The zero-order chi connectivity index (χ0) is 30.5. The van der Waals surface area contributed by atoms with Crippen molar-refractivity contribution in [2.45, 2.75) is 38.5 Å². The topological polar surface area (TPSA) is 96.9 Å². The van der Waals surface area contributed by atoms with Gasteiger partial charge in [-0.1, -0.05) is 47.7 Å². The van der Waals surface area contributed by atoms with E-state index in [1.165, 1.54) is 11.8 Å². The van der Waals surface area contributed by atoms with Gasteiger partial charge in [-0.25, -0.2) is 9.97 Å². The Bertz CT molecular complexity index is 1590. The maximum Gasteiger partial charge on any atom is 0.251 e. The molecular formula is C33H35N5O4S. The molecule has 0 radical (unpaired) electrons. The minimum Gasteiger partial charge on any atom is -0.454 e. The molecule has 2 heterocycles. The van der Waals surface area contributed by atoms with Crippen LogP contribution in [0.2, 0.25) is 0 Å². The molecule has 1 aromatic heterocycles. The van der Waals surface area contributed by atoms with Crippen molar-refractivity contribution in [2.24, 2.45) is 0 Å². The van der Waals surface area contributed by atoms with Crippen molar-refractivity contribution in [1.82, 2.24) is 14.9 Å². The van der Waals surface area contributed by atoms with Crippen molar-refractivity contribution < 1.29 is 19.1 Å². The number of hydrogen-bond acceptors (Lipinski definition) is 8. The number of carbonyl (C=O) groups excluding carboxylic acids is 2. The van der Waals surface area contributed by atoms with Crippen molar-refractivity contribution in [1.29, 1.82) is 0 Å². The fraction of sp³-hybridized carbons (Fsp3) is 0.273. The van der Waals surface area contributed by atoms with Crippen LogP contribution in [-0.2, 0) is 16.1 Å². The van der Waals surface area contributed by atoms with Crippen LogP contribution in [0.1, 0.15) is 34.1 Å². The lowest BCUT2D eigenvalue weighted by Crippen LogP contribution is -2.41. The van der Waals surface area contributed by atoms with Gasteiger partial charge in [0.2, 0.25) is 12.7 Å². The first kappa shape index (κ1) is 29.9. The molecule has 1 aliphatic rings. The number of thioether (sulfide) groups is 1. The first-order valence-electron chi connectivity index (χ1n) is 13.9. The average molecular weight is 598 g/mol. The number of nitrogens with zero attached hydrogens (tertiary/aromatic N) is 4. The molecule has 1 aliphatic heterocycles. The molecule has 0 aliphatic carbocycles. The van der Waals surface area contributed by atoms with Gasteiger partial charge in [-0.05, 0) is 74.4 Å². The second-order valence-electron chi connectivity index (χ2n) is 10.7. The number of aromatic nitrogens is 2. The number of aryl methyl sites for hydroxylation is 3. The van der Waals surface area contributed by atoms with Crippen LogP contribution in [0.3, 0.4) is 0 Å². The van der Waals surface area contributed by atoms with Gasteiger partial charge in [-0.2, -0.15) is 0 Å². The van der Waals surface area contributed by atoms with Crippen molar-refractivity contribution in [3.8, 4) is 11.5 Å². The fourth-order valence-corrected chi connectivity index (χ4v) is 5.63. The van der Waals surface area contributed by atoms with Crippen molar-refractivity contribution in [3.05, 3.63) is 101 Å². The predicted octanol–water partition coefficient (Wildman–Crippen LogP) is 5.70. The maximum atomic E-state index is 14.2. The second-order valence-corrected chi connectivity index (χ2v) is 11.6. The number of ether oxygens (including phenoxy) is 2. The summed E-state index contributed by atoms with van der Waals surface area (Å²) < 4.78 is 11.2. The van der Waals surface area contributed by atoms with E-state index in [0.29, 0.717) is 27.9 Å². The molecule has 0 fully saturated rings. The quantitative estimate of drug-likeness (QED) is 0.184. The highest BCUT2D eigenvalue weighted by molar-refractivity contribution is 7.99. The zero-order valence-electron chi connectivity index (χ0n) is 25.0. The van der Waals surface area contributed by atoms with Crippen LogP contribution in [0.15, 0.2) is 78.0 Å². The molecule has 5 rings (SSSR count). The van der Waals surface area contributed by atoms with E-state index >= 15 is 0 Å². The third kappa shape index (κ3) is 7.45. The smallest absolute Gasteiger partial charge is 0.251 e. The van der Waals surface area contributed by atoms with Gasteiger partial charge in [0.15, 0.2) is 16.7 Å². The minimum absolute atomic E-state index is 0.0562. The summed E-state index contributed by atoms with van der Waals surface area (Å²) in [5.74, 6) is 0.617. The Morgan fingerprint density at radius 3 is 2.23 bits per heavy atom. The SMILES string of the molecule is Cc1ccc(CN(C(=O)CSc2nc(C)cc(C)n2)C(C(=O)Nc2ccc(N(C)C)cc2)c2ccc3c(c2)OCO3)cc1. The number of amides is 2. The van der Waals surface area contributed by atoms with Gasteiger partial charge in [-0.15, -0.1) is 0 Å². The Balaban J connectivity index is 1.51. The van der Waals surface area contributed by atoms with E-state index in [0.717, 1.165) is 28.2 Å². The molecule has 0 bridgehead atoms. The highest BCUT2D eigenvalue weighted by Gasteiger charge is 2.33. The first-order chi connectivity index (χ1) is 20.7. The summed E-state index contributed by atoms with van der Waals surface area (Å²) in [6.45, 7) is 6.13. The second kappa shape index (κ2) is 13.2. The molecule has 1 unspecified atom stereocenters. The van der Waals surface area contributed by atoms with Crippen LogP contribution in [0.5, 0.6) is 11.5 Å². The summed E-state index contributed by atoms with van der Waals surface area (Å²) in [5.41, 5.74) is 5.92. The molecular weight excluding hydrogens is 562 g/mol. The van der Waals surface area contributed by atoms with Gasteiger partial charge in [-0.3, -0.25) is 9.59 Å². The summed E-state index contributed by atoms with van der Waals surface area (Å²) in [6.07, 6.45) is 0. The lowest BCUT2D eigenvalue weighted by Gasteiger charge is -2.32. The summed E-state index contributed by atoms with van der Waals surface area (Å²) in [6, 6.07) is 21.8. The predicted molar refractivity (Wildman–Crippen MR) is 169 cm³/mol. The largest absolute Gasteiger partial charge is 0.454 e. The molecule has 9 nitrogen and oxygen atoms in total. The summed E-state index contributed by atoms with van der Waals surface area (Å²) in [5, 5.41) is 3.56. The molecule has 0 saturated carbocycles. The Morgan fingerprint density at radius 2 is 1.56 bits per heavy atom. The molecule has 1 N–H and O–H groups in total. The van der Waals surface area contributed by atoms with Gasteiger partial charge in [0.05, 0.1) is 5.75 Å². The van der Waals surface area contributed by atoms with Gasteiger partial charge >= 0.3 is 0 Å². The minimum atomic E-state index is -0.961. The highest BCUT2D eigenvalue weighted by Crippen LogP contribution is 2.37. The summed E-state index contributed by atoms with van der Waals surface area (Å²) in [7, 11) is 3.91. The first-order valence-corrected chi connectivity index (χ1v) is 14.9. The Labute approximate surface area is 256 Å². The van der Waals surface area contributed by atoms with E-state index in [9.17, 15) is 9.59 Å². The number of hydrogen-bond donors (Lipinski definition) is 1. The van der Waals surface area contributed by atoms with Crippen LogP contribution >= 0.6 is 11.8 Å². The van der Waals surface area contributed by atoms with Gasteiger partial charge in [0.25, 0.3) is 5.91 Å². The normalized spacial score (nSPS) is 12.5. The van der Waals surface area contributed by atoms with Crippen LogP contribution < -0.4 is 19.7 Å².